The minimum Gasteiger partial charge on any atom is -0.382 e. The van der Waals surface area contributed by atoms with Crippen molar-refractivity contribution in [3.63, 3.8) is 0 Å². The Bertz CT molecular complexity index is 440. The van der Waals surface area contributed by atoms with Crippen LogP contribution in [-0.4, -0.2) is 6.04 Å². The van der Waals surface area contributed by atoms with Gasteiger partial charge in [0.15, 0.2) is 0 Å². The van der Waals surface area contributed by atoms with Crippen molar-refractivity contribution in [3.8, 4) is 0 Å². The number of rotatable bonds is 3. The molecule has 0 aliphatic heterocycles. The Morgan fingerprint density at radius 1 is 1.20 bits per heavy atom. The monoisotopic (exact) mass is 285 g/mol. The van der Waals surface area contributed by atoms with E-state index >= 15 is 0 Å². The summed E-state index contributed by atoms with van der Waals surface area (Å²) in [6.07, 6.45) is 0.204. The quantitative estimate of drug-likeness (QED) is 0.791. The van der Waals surface area contributed by atoms with Gasteiger partial charge in [-0.3, -0.25) is 0 Å². The maximum absolute atomic E-state index is 12.7. The summed E-state index contributed by atoms with van der Waals surface area (Å²) in [7, 11) is 0. The van der Waals surface area contributed by atoms with E-state index in [1.165, 1.54) is 18.6 Å². The van der Waals surface area contributed by atoms with E-state index in [0.717, 1.165) is 25.3 Å². The summed E-state index contributed by atoms with van der Waals surface area (Å²) < 4.78 is 38.1. The highest BCUT2D eigenvalue weighted by atomic mass is 19.4. The molecule has 2 unspecified atom stereocenters. The van der Waals surface area contributed by atoms with Crippen LogP contribution in [0.2, 0.25) is 0 Å². The first-order valence-corrected chi connectivity index (χ1v) is 7.30. The van der Waals surface area contributed by atoms with Crippen molar-refractivity contribution >= 4 is 5.69 Å². The van der Waals surface area contributed by atoms with Gasteiger partial charge < -0.3 is 5.32 Å². The lowest BCUT2D eigenvalue weighted by Crippen LogP contribution is -2.29. The zero-order valence-electron chi connectivity index (χ0n) is 12.0. The second-order valence-electron chi connectivity index (χ2n) is 6.09. The lowest BCUT2D eigenvalue weighted by Gasteiger charge is -2.32. The first kappa shape index (κ1) is 15.2. The normalized spacial score (nSPS) is 23.9. The molecule has 0 aromatic heterocycles. The van der Waals surface area contributed by atoms with Gasteiger partial charge in [0.2, 0.25) is 0 Å². The third-order valence-corrected chi connectivity index (χ3v) is 4.22. The lowest BCUT2D eigenvalue weighted by molar-refractivity contribution is -0.137. The summed E-state index contributed by atoms with van der Waals surface area (Å²) in [5.74, 6) is 1.31. The molecule has 4 heteroatoms. The SMILES string of the molecule is CC(C)C1CCCC(Nc2cccc(C(F)(F)F)c2)C1. The second kappa shape index (κ2) is 6.06. The van der Waals surface area contributed by atoms with Gasteiger partial charge in [-0.1, -0.05) is 32.8 Å². The van der Waals surface area contributed by atoms with Crippen LogP contribution in [0.3, 0.4) is 0 Å². The number of anilines is 1. The van der Waals surface area contributed by atoms with E-state index in [1.54, 1.807) is 6.07 Å². The molecular formula is C16H22F3N. The Balaban J connectivity index is 2.03. The van der Waals surface area contributed by atoms with E-state index in [9.17, 15) is 13.2 Å². The van der Waals surface area contributed by atoms with Crippen molar-refractivity contribution in [3.05, 3.63) is 29.8 Å². The topological polar surface area (TPSA) is 12.0 Å². The van der Waals surface area contributed by atoms with Crippen LogP contribution >= 0.6 is 0 Å². The molecule has 0 saturated heterocycles. The zero-order valence-corrected chi connectivity index (χ0v) is 12.0. The molecule has 1 saturated carbocycles. The lowest BCUT2D eigenvalue weighted by atomic mass is 9.79. The third-order valence-electron chi connectivity index (χ3n) is 4.22. The summed E-state index contributed by atoms with van der Waals surface area (Å²) in [4.78, 5) is 0. The Morgan fingerprint density at radius 3 is 2.60 bits per heavy atom. The first-order valence-electron chi connectivity index (χ1n) is 7.30. The number of benzene rings is 1. The van der Waals surface area contributed by atoms with Crippen LogP contribution in [0.1, 0.15) is 45.1 Å². The van der Waals surface area contributed by atoms with Gasteiger partial charge in [0.1, 0.15) is 0 Å². The molecule has 1 fully saturated rings. The molecular weight excluding hydrogens is 263 g/mol. The van der Waals surface area contributed by atoms with Crippen molar-refractivity contribution in [2.24, 2.45) is 11.8 Å². The van der Waals surface area contributed by atoms with E-state index in [-0.39, 0.29) is 0 Å². The van der Waals surface area contributed by atoms with Crippen LogP contribution in [0, 0.1) is 11.8 Å². The molecule has 1 nitrogen and oxygen atoms in total. The molecule has 1 aliphatic carbocycles. The predicted molar refractivity (Wildman–Crippen MR) is 75.7 cm³/mol. The van der Waals surface area contributed by atoms with Gasteiger partial charge in [0, 0.05) is 11.7 Å². The standard InChI is InChI=1S/C16H22F3N/c1-11(2)12-5-3-7-14(9-12)20-15-8-4-6-13(10-15)16(17,18)19/h4,6,8,10-12,14,20H,3,5,7,9H2,1-2H3. The molecule has 2 rings (SSSR count). The Morgan fingerprint density at radius 2 is 1.95 bits per heavy atom. The second-order valence-corrected chi connectivity index (χ2v) is 6.09. The van der Waals surface area contributed by atoms with Crippen LogP contribution in [0.15, 0.2) is 24.3 Å². The number of hydrogen-bond acceptors (Lipinski definition) is 1. The maximum Gasteiger partial charge on any atom is 0.416 e. The molecule has 0 spiro atoms. The van der Waals surface area contributed by atoms with Crippen molar-refractivity contribution in [1.29, 1.82) is 0 Å². The van der Waals surface area contributed by atoms with E-state index in [1.807, 2.05) is 0 Å². The average Bonchev–Trinajstić information content (AvgIpc) is 2.38. The molecule has 0 bridgehead atoms. The van der Waals surface area contributed by atoms with Gasteiger partial charge in [-0.15, -0.1) is 0 Å². The zero-order chi connectivity index (χ0) is 14.8. The first-order chi connectivity index (χ1) is 9.36. The Hall–Kier alpha value is -1.19. The molecule has 1 N–H and O–H groups in total. The molecule has 0 amide bonds. The fraction of sp³-hybridized carbons (Fsp3) is 0.625. The van der Waals surface area contributed by atoms with E-state index in [0.29, 0.717) is 23.6 Å². The molecule has 0 heterocycles. The smallest absolute Gasteiger partial charge is 0.382 e. The van der Waals surface area contributed by atoms with E-state index in [2.05, 4.69) is 19.2 Å². The van der Waals surface area contributed by atoms with Crippen LogP contribution in [0.5, 0.6) is 0 Å². The highest BCUT2D eigenvalue weighted by molar-refractivity contribution is 5.47. The molecule has 1 aromatic carbocycles. The molecule has 1 aromatic rings. The minimum absolute atomic E-state index is 0.291. The molecule has 112 valence electrons. The summed E-state index contributed by atoms with van der Waals surface area (Å²) >= 11 is 0. The minimum atomic E-state index is -4.27. The largest absolute Gasteiger partial charge is 0.416 e. The Kier molecular flexibility index (Phi) is 4.61. The summed E-state index contributed by atoms with van der Waals surface area (Å²) in [5.41, 5.74) is -0.00653. The van der Waals surface area contributed by atoms with Crippen molar-refractivity contribution in [2.75, 3.05) is 5.32 Å². The van der Waals surface area contributed by atoms with Crippen molar-refractivity contribution in [1.82, 2.24) is 0 Å². The Labute approximate surface area is 118 Å². The summed E-state index contributed by atoms with van der Waals surface area (Å²) in [6.45, 7) is 4.44. The van der Waals surface area contributed by atoms with Crippen LogP contribution < -0.4 is 5.32 Å². The van der Waals surface area contributed by atoms with Gasteiger partial charge in [0.05, 0.1) is 5.56 Å². The average molecular weight is 285 g/mol. The fourth-order valence-corrected chi connectivity index (χ4v) is 2.99. The number of alkyl halides is 3. The van der Waals surface area contributed by atoms with Crippen LogP contribution in [-0.2, 0) is 6.18 Å². The van der Waals surface area contributed by atoms with E-state index in [4.69, 9.17) is 0 Å². The van der Waals surface area contributed by atoms with Gasteiger partial charge in [-0.25, -0.2) is 0 Å². The molecule has 20 heavy (non-hydrogen) atoms. The van der Waals surface area contributed by atoms with Gasteiger partial charge in [0.25, 0.3) is 0 Å². The fourth-order valence-electron chi connectivity index (χ4n) is 2.99. The van der Waals surface area contributed by atoms with Gasteiger partial charge in [-0.05, 0) is 42.9 Å². The van der Waals surface area contributed by atoms with Crippen LogP contribution in [0.4, 0.5) is 18.9 Å². The predicted octanol–water partition coefficient (Wildman–Crippen LogP) is 5.33. The van der Waals surface area contributed by atoms with Crippen molar-refractivity contribution < 1.29 is 13.2 Å². The molecule has 0 radical (unpaired) electrons. The van der Waals surface area contributed by atoms with Gasteiger partial charge >= 0.3 is 6.18 Å². The summed E-state index contributed by atoms with van der Waals surface area (Å²) in [5, 5.41) is 3.28. The highest BCUT2D eigenvalue weighted by Crippen LogP contribution is 2.33. The summed E-state index contributed by atoms with van der Waals surface area (Å²) in [6, 6.07) is 5.80. The van der Waals surface area contributed by atoms with Crippen molar-refractivity contribution in [2.45, 2.75) is 51.7 Å². The third kappa shape index (κ3) is 3.90. The number of nitrogens with one attached hydrogen (secondary N) is 1. The van der Waals surface area contributed by atoms with Crippen LogP contribution in [0.25, 0.3) is 0 Å². The number of hydrogen-bond donors (Lipinski definition) is 1. The molecule has 2 atom stereocenters. The maximum atomic E-state index is 12.7. The van der Waals surface area contributed by atoms with Gasteiger partial charge in [-0.2, -0.15) is 13.2 Å². The molecule has 1 aliphatic rings. The van der Waals surface area contributed by atoms with E-state index < -0.39 is 11.7 Å². The highest BCUT2D eigenvalue weighted by Gasteiger charge is 2.31. The number of halogens is 3.